The molecule has 2 N–H and O–H groups in total. The Kier molecular flexibility index (Phi) is 12.4. The number of ether oxygens (including phenoxy) is 6. The lowest BCUT2D eigenvalue weighted by molar-refractivity contribution is -0.200. The molecule has 214 valence electrons. The molecule has 0 aromatic rings. The van der Waals surface area contributed by atoms with Crippen molar-refractivity contribution in [2.24, 2.45) is 0 Å². The Labute approximate surface area is 220 Å². The van der Waals surface area contributed by atoms with Crippen molar-refractivity contribution in [3.05, 3.63) is 0 Å². The second kappa shape index (κ2) is 15.2. The Bertz CT molecular complexity index is 796. The zero-order chi connectivity index (χ0) is 28.2. The van der Waals surface area contributed by atoms with Crippen LogP contribution >= 0.6 is 0 Å². The molecule has 0 aromatic heterocycles. The molecule has 6 atom stereocenters. The van der Waals surface area contributed by atoms with E-state index in [1.807, 2.05) is 0 Å². The topological polar surface area (TPSA) is 182 Å². The smallest absolute Gasteiger partial charge is 0.303 e. The molecule has 2 heterocycles. The van der Waals surface area contributed by atoms with E-state index in [2.05, 4.69) is 10.6 Å². The molecule has 14 nitrogen and oxygen atoms in total. The van der Waals surface area contributed by atoms with E-state index in [9.17, 15) is 28.8 Å². The first kappa shape index (κ1) is 31.0. The van der Waals surface area contributed by atoms with E-state index < -0.39 is 60.1 Å². The highest BCUT2D eigenvalue weighted by molar-refractivity contribution is 5.87. The fourth-order valence-electron chi connectivity index (χ4n) is 4.12. The van der Waals surface area contributed by atoms with Gasteiger partial charge in [-0.2, -0.15) is 0 Å². The zero-order valence-corrected chi connectivity index (χ0v) is 22.0. The number of carbonyl (C=O) groups excluding carboxylic acids is 6. The van der Waals surface area contributed by atoms with Gasteiger partial charge in [0.25, 0.3) is 11.8 Å². The fourth-order valence-corrected chi connectivity index (χ4v) is 4.12. The van der Waals surface area contributed by atoms with Crippen molar-refractivity contribution in [2.75, 3.05) is 26.3 Å². The summed E-state index contributed by atoms with van der Waals surface area (Å²) in [6, 6.07) is 0. The van der Waals surface area contributed by atoms with Crippen LogP contribution in [0.1, 0.15) is 53.4 Å². The monoisotopic (exact) mass is 544 g/mol. The standard InChI is InChI=1S/C24H36N2O12/c1-13(27)35-19(21(37-15(3)29)23(31)25-11-17-7-5-9-33-17)20(36-14(2)28)22(38-16(4)30)24(32)26-12-18-8-6-10-34-18/h17-22H,5-12H2,1-4H3,(H,25,31)(H,26,32)/t17-,18-,19-,20-,21-,22-/m0/s1. The predicted octanol–water partition coefficient (Wildman–Crippen LogP) is -0.696. The number of amides is 2. The van der Waals surface area contributed by atoms with Crippen molar-refractivity contribution in [1.29, 1.82) is 0 Å². The van der Waals surface area contributed by atoms with Gasteiger partial charge in [-0.25, -0.2) is 0 Å². The van der Waals surface area contributed by atoms with E-state index in [1.165, 1.54) is 0 Å². The maximum absolute atomic E-state index is 13.2. The molecule has 2 aliphatic heterocycles. The average molecular weight is 545 g/mol. The van der Waals surface area contributed by atoms with Gasteiger partial charge in [0.2, 0.25) is 12.2 Å². The van der Waals surface area contributed by atoms with Gasteiger partial charge in [0, 0.05) is 54.0 Å². The number of carbonyl (C=O) groups is 6. The largest absolute Gasteiger partial charge is 0.454 e. The van der Waals surface area contributed by atoms with Gasteiger partial charge in [-0.1, -0.05) is 0 Å². The molecule has 2 rings (SSSR count). The summed E-state index contributed by atoms with van der Waals surface area (Å²) in [7, 11) is 0. The number of esters is 4. The van der Waals surface area contributed by atoms with E-state index in [0.29, 0.717) is 26.1 Å². The van der Waals surface area contributed by atoms with Crippen LogP contribution in [0.3, 0.4) is 0 Å². The van der Waals surface area contributed by atoms with Crippen molar-refractivity contribution in [2.45, 2.75) is 90.0 Å². The van der Waals surface area contributed by atoms with E-state index in [4.69, 9.17) is 28.4 Å². The summed E-state index contributed by atoms with van der Waals surface area (Å²) in [6.45, 7) is 5.24. The van der Waals surface area contributed by atoms with E-state index in [0.717, 1.165) is 40.5 Å². The summed E-state index contributed by atoms with van der Waals surface area (Å²) in [5.41, 5.74) is 0. The van der Waals surface area contributed by atoms with Crippen molar-refractivity contribution < 1.29 is 57.2 Å². The van der Waals surface area contributed by atoms with Crippen LogP contribution in [0.4, 0.5) is 0 Å². The SMILES string of the molecule is CC(=O)O[C@@H]([C@H](OC(C)=O)[C@H](OC(C)=O)C(=O)NC[C@@H]1CCCO1)[C@H](OC(C)=O)C(=O)NC[C@@H]1CCCO1. The highest BCUT2D eigenvalue weighted by Crippen LogP contribution is 2.21. The van der Waals surface area contributed by atoms with Crippen molar-refractivity contribution in [3.63, 3.8) is 0 Å². The molecule has 0 aromatic carbocycles. The van der Waals surface area contributed by atoms with Gasteiger partial charge in [-0.3, -0.25) is 28.8 Å². The number of nitrogens with one attached hydrogen (secondary N) is 2. The molecule has 0 saturated carbocycles. The number of hydrogen-bond acceptors (Lipinski definition) is 12. The van der Waals surface area contributed by atoms with Crippen molar-refractivity contribution in [3.8, 4) is 0 Å². The van der Waals surface area contributed by atoms with Crippen LogP contribution in [0, 0.1) is 0 Å². The highest BCUT2D eigenvalue weighted by Gasteiger charge is 2.49. The molecule has 0 aliphatic carbocycles. The van der Waals surface area contributed by atoms with Gasteiger partial charge in [0.05, 0.1) is 12.2 Å². The number of hydrogen-bond donors (Lipinski definition) is 2. The minimum Gasteiger partial charge on any atom is -0.454 e. The van der Waals surface area contributed by atoms with Crippen LogP contribution in [-0.4, -0.2) is 98.6 Å². The van der Waals surface area contributed by atoms with Gasteiger partial charge in [-0.05, 0) is 25.7 Å². The zero-order valence-electron chi connectivity index (χ0n) is 22.0. The summed E-state index contributed by atoms with van der Waals surface area (Å²) in [4.78, 5) is 74.3. The van der Waals surface area contributed by atoms with Crippen LogP contribution < -0.4 is 10.6 Å². The van der Waals surface area contributed by atoms with Gasteiger partial charge in [0.15, 0.2) is 12.2 Å². The minimum absolute atomic E-state index is 0.0663. The molecule has 2 aliphatic rings. The first-order valence-corrected chi connectivity index (χ1v) is 12.5. The summed E-state index contributed by atoms with van der Waals surface area (Å²) >= 11 is 0. The average Bonchev–Trinajstić information content (AvgIpc) is 3.54. The molecule has 14 heteroatoms. The Morgan fingerprint density at radius 1 is 0.632 bits per heavy atom. The normalized spacial score (nSPS) is 21.8. The minimum atomic E-state index is -1.87. The third kappa shape index (κ3) is 10.2. The molecular weight excluding hydrogens is 508 g/mol. The van der Waals surface area contributed by atoms with Crippen LogP contribution in [-0.2, 0) is 57.2 Å². The van der Waals surface area contributed by atoms with Crippen molar-refractivity contribution in [1.82, 2.24) is 10.6 Å². The molecule has 2 fully saturated rings. The van der Waals surface area contributed by atoms with Gasteiger partial charge in [-0.15, -0.1) is 0 Å². The first-order valence-electron chi connectivity index (χ1n) is 12.5. The van der Waals surface area contributed by atoms with Gasteiger partial charge < -0.3 is 39.1 Å². The third-order valence-electron chi connectivity index (χ3n) is 5.68. The third-order valence-corrected chi connectivity index (χ3v) is 5.68. The second-order valence-electron chi connectivity index (χ2n) is 8.97. The van der Waals surface area contributed by atoms with Crippen molar-refractivity contribution >= 4 is 35.7 Å². The van der Waals surface area contributed by atoms with Crippen LogP contribution in [0.25, 0.3) is 0 Å². The fraction of sp³-hybridized carbons (Fsp3) is 0.750. The first-order chi connectivity index (χ1) is 18.0. The summed E-state index contributed by atoms with van der Waals surface area (Å²) < 4.78 is 31.9. The second-order valence-corrected chi connectivity index (χ2v) is 8.97. The Morgan fingerprint density at radius 3 is 1.24 bits per heavy atom. The van der Waals surface area contributed by atoms with Gasteiger partial charge in [0.1, 0.15) is 0 Å². The van der Waals surface area contributed by atoms with Crippen LogP contribution in [0.15, 0.2) is 0 Å². The van der Waals surface area contributed by atoms with Crippen LogP contribution in [0.2, 0.25) is 0 Å². The molecular formula is C24H36N2O12. The molecule has 2 saturated heterocycles. The van der Waals surface area contributed by atoms with Crippen LogP contribution in [0.5, 0.6) is 0 Å². The molecule has 0 bridgehead atoms. The molecule has 38 heavy (non-hydrogen) atoms. The van der Waals surface area contributed by atoms with E-state index in [-0.39, 0.29) is 25.3 Å². The molecule has 0 unspecified atom stereocenters. The molecule has 2 amide bonds. The maximum atomic E-state index is 13.2. The maximum Gasteiger partial charge on any atom is 0.303 e. The predicted molar refractivity (Wildman–Crippen MR) is 126 cm³/mol. The lowest BCUT2D eigenvalue weighted by atomic mass is 10.00. The summed E-state index contributed by atoms with van der Waals surface area (Å²) in [6.07, 6.45) is -4.99. The Morgan fingerprint density at radius 2 is 0.974 bits per heavy atom. The van der Waals surface area contributed by atoms with E-state index >= 15 is 0 Å². The molecule has 0 radical (unpaired) electrons. The van der Waals surface area contributed by atoms with Gasteiger partial charge >= 0.3 is 23.9 Å². The lowest BCUT2D eigenvalue weighted by Gasteiger charge is -2.34. The molecule has 0 spiro atoms. The number of rotatable bonds is 13. The Hall–Kier alpha value is -3.26. The quantitative estimate of drug-likeness (QED) is 0.220. The lowest BCUT2D eigenvalue weighted by Crippen LogP contribution is -2.59. The Balaban J connectivity index is 2.39. The van der Waals surface area contributed by atoms with E-state index in [1.54, 1.807) is 0 Å². The highest BCUT2D eigenvalue weighted by atomic mass is 16.6. The summed E-state index contributed by atoms with van der Waals surface area (Å²) in [5, 5.41) is 5.13. The summed E-state index contributed by atoms with van der Waals surface area (Å²) in [5.74, 6) is -5.54.